The Hall–Kier alpha value is -0.820. The summed E-state index contributed by atoms with van der Waals surface area (Å²) in [4.78, 5) is 0. The van der Waals surface area contributed by atoms with Crippen molar-refractivity contribution in [3.8, 4) is 0 Å². The molecule has 1 aromatic rings. The smallest absolute Gasteiger partial charge is 0.00674 e. The normalized spacial score (nSPS) is 28.3. The van der Waals surface area contributed by atoms with Crippen molar-refractivity contribution in [1.82, 2.24) is 0 Å². The second kappa shape index (κ2) is 6.09. The van der Waals surface area contributed by atoms with Crippen LogP contribution >= 0.6 is 0 Å². The van der Waals surface area contributed by atoms with Crippen LogP contribution in [0, 0.1) is 17.3 Å². The van der Waals surface area contributed by atoms with Crippen LogP contribution in [0.15, 0.2) is 30.3 Å². The fourth-order valence-electron chi connectivity index (χ4n) is 3.40. The molecular formula is C18H29N. The van der Waals surface area contributed by atoms with Gasteiger partial charge in [-0.1, -0.05) is 51.1 Å². The summed E-state index contributed by atoms with van der Waals surface area (Å²) in [5, 5.41) is 0. The third-order valence-electron chi connectivity index (χ3n) is 4.91. The second-order valence-electron chi connectivity index (χ2n) is 7.32. The van der Waals surface area contributed by atoms with Gasteiger partial charge in [0.25, 0.3) is 0 Å². The molecule has 3 unspecified atom stereocenters. The Bertz CT molecular complexity index is 376. The van der Waals surface area contributed by atoms with Crippen LogP contribution in [-0.4, -0.2) is 6.04 Å². The average Bonchev–Trinajstić information content (AvgIpc) is 2.37. The van der Waals surface area contributed by atoms with Crippen molar-refractivity contribution < 1.29 is 0 Å². The van der Waals surface area contributed by atoms with Crippen molar-refractivity contribution in [2.45, 2.75) is 58.9 Å². The molecule has 0 spiro atoms. The Morgan fingerprint density at radius 1 is 1.11 bits per heavy atom. The molecule has 1 aliphatic carbocycles. The highest BCUT2D eigenvalue weighted by atomic mass is 14.7. The maximum atomic E-state index is 6.35. The van der Waals surface area contributed by atoms with Gasteiger partial charge in [0.1, 0.15) is 0 Å². The first-order valence-electron chi connectivity index (χ1n) is 7.76. The Balaban J connectivity index is 1.91. The van der Waals surface area contributed by atoms with Crippen LogP contribution in [0.5, 0.6) is 0 Å². The average molecular weight is 259 g/mol. The summed E-state index contributed by atoms with van der Waals surface area (Å²) in [5.41, 5.74) is 8.24. The van der Waals surface area contributed by atoms with E-state index >= 15 is 0 Å². The van der Waals surface area contributed by atoms with Gasteiger partial charge in [-0.05, 0) is 54.9 Å². The highest BCUT2D eigenvalue weighted by Gasteiger charge is 2.33. The summed E-state index contributed by atoms with van der Waals surface area (Å²) in [6, 6.07) is 11.2. The highest BCUT2D eigenvalue weighted by molar-refractivity contribution is 5.14. The van der Waals surface area contributed by atoms with Crippen LogP contribution < -0.4 is 5.73 Å². The van der Waals surface area contributed by atoms with E-state index in [4.69, 9.17) is 5.73 Å². The van der Waals surface area contributed by atoms with Crippen LogP contribution in [0.3, 0.4) is 0 Å². The third kappa shape index (κ3) is 4.07. The molecule has 1 fully saturated rings. The van der Waals surface area contributed by atoms with Crippen molar-refractivity contribution in [3.63, 3.8) is 0 Å². The first-order chi connectivity index (χ1) is 8.97. The van der Waals surface area contributed by atoms with Gasteiger partial charge in [-0.15, -0.1) is 0 Å². The van der Waals surface area contributed by atoms with E-state index in [1.165, 1.54) is 37.7 Å². The Kier molecular flexibility index (Phi) is 4.67. The molecule has 1 heteroatoms. The molecule has 3 atom stereocenters. The van der Waals surface area contributed by atoms with Gasteiger partial charge >= 0.3 is 0 Å². The van der Waals surface area contributed by atoms with Gasteiger partial charge in [0, 0.05) is 6.04 Å². The molecule has 1 aromatic carbocycles. The molecule has 0 bridgehead atoms. The van der Waals surface area contributed by atoms with Crippen LogP contribution in [0.1, 0.15) is 52.0 Å². The second-order valence-corrected chi connectivity index (χ2v) is 7.32. The van der Waals surface area contributed by atoms with Crippen molar-refractivity contribution in [3.05, 3.63) is 35.9 Å². The summed E-state index contributed by atoms with van der Waals surface area (Å²) in [6.45, 7) is 7.13. The quantitative estimate of drug-likeness (QED) is 0.855. The lowest BCUT2D eigenvalue weighted by molar-refractivity contribution is 0.122. The molecule has 0 aromatic heterocycles. The Morgan fingerprint density at radius 3 is 2.42 bits per heavy atom. The van der Waals surface area contributed by atoms with Gasteiger partial charge in [-0.3, -0.25) is 0 Å². The van der Waals surface area contributed by atoms with Crippen LogP contribution in [0.25, 0.3) is 0 Å². The first kappa shape index (κ1) is 14.6. The number of hydrogen-bond donors (Lipinski definition) is 1. The molecule has 0 amide bonds. The summed E-state index contributed by atoms with van der Waals surface area (Å²) in [7, 11) is 0. The predicted octanol–water partition coefficient (Wildman–Crippen LogP) is 4.41. The Labute approximate surface area is 118 Å². The molecule has 0 saturated heterocycles. The minimum atomic E-state index is 0.419. The molecule has 2 N–H and O–H groups in total. The summed E-state index contributed by atoms with van der Waals surface area (Å²) < 4.78 is 0. The zero-order valence-electron chi connectivity index (χ0n) is 12.7. The molecule has 0 radical (unpaired) electrons. The summed E-state index contributed by atoms with van der Waals surface area (Å²) >= 11 is 0. The van der Waals surface area contributed by atoms with E-state index in [0.29, 0.717) is 17.4 Å². The van der Waals surface area contributed by atoms with Gasteiger partial charge < -0.3 is 5.73 Å². The maximum Gasteiger partial charge on any atom is 0.00674 e. The lowest BCUT2D eigenvalue weighted by Gasteiger charge is -2.40. The van der Waals surface area contributed by atoms with Gasteiger partial charge in [0.2, 0.25) is 0 Å². The van der Waals surface area contributed by atoms with E-state index < -0.39 is 0 Å². The molecule has 0 heterocycles. The highest BCUT2D eigenvalue weighted by Crippen LogP contribution is 2.41. The zero-order chi connectivity index (χ0) is 13.9. The number of benzene rings is 1. The predicted molar refractivity (Wildman–Crippen MR) is 83.0 cm³/mol. The fraction of sp³-hybridized carbons (Fsp3) is 0.667. The largest absolute Gasteiger partial charge is 0.327 e. The van der Waals surface area contributed by atoms with Gasteiger partial charge in [-0.2, -0.15) is 0 Å². The van der Waals surface area contributed by atoms with E-state index in [1.807, 2.05) is 0 Å². The van der Waals surface area contributed by atoms with Gasteiger partial charge in [0.15, 0.2) is 0 Å². The first-order valence-corrected chi connectivity index (χ1v) is 7.76. The molecule has 0 aliphatic heterocycles. The van der Waals surface area contributed by atoms with Crippen LogP contribution in [0.2, 0.25) is 0 Å². The van der Waals surface area contributed by atoms with E-state index in [0.717, 1.165) is 5.92 Å². The summed E-state index contributed by atoms with van der Waals surface area (Å²) in [5.74, 6) is 1.55. The Morgan fingerprint density at radius 2 is 1.79 bits per heavy atom. The number of hydrogen-bond acceptors (Lipinski definition) is 1. The van der Waals surface area contributed by atoms with E-state index in [-0.39, 0.29) is 0 Å². The van der Waals surface area contributed by atoms with Gasteiger partial charge in [0.05, 0.1) is 0 Å². The molecular weight excluding hydrogens is 230 g/mol. The molecule has 1 aliphatic rings. The van der Waals surface area contributed by atoms with E-state index in [9.17, 15) is 0 Å². The molecule has 19 heavy (non-hydrogen) atoms. The summed E-state index contributed by atoms with van der Waals surface area (Å²) in [6.07, 6.45) is 6.26. The van der Waals surface area contributed by atoms with E-state index in [1.54, 1.807) is 0 Å². The fourth-order valence-corrected chi connectivity index (χ4v) is 3.40. The van der Waals surface area contributed by atoms with Crippen LogP contribution in [0.4, 0.5) is 0 Å². The van der Waals surface area contributed by atoms with Crippen molar-refractivity contribution >= 4 is 0 Å². The SMILES string of the molecule is CC(C)(C)C1CCC(N)C(CCc2ccccc2)C1. The molecule has 1 nitrogen and oxygen atoms in total. The monoisotopic (exact) mass is 259 g/mol. The maximum absolute atomic E-state index is 6.35. The number of rotatable bonds is 3. The third-order valence-corrected chi connectivity index (χ3v) is 4.91. The number of nitrogens with two attached hydrogens (primary N) is 1. The lowest BCUT2D eigenvalue weighted by Crippen LogP contribution is -2.39. The standard InChI is InChI=1S/C18H29N/c1-18(2,3)16-11-12-17(19)15(13-16)10-9-14-7-5-4-6-8-14/h4-8,15-17H,9-13,19H2,1-3H3. The molecule has 2 rings (SSSR count). The minimum Gasteiger partial charge on any atom is -0.327 e. The number of aryl methyl sites for hydroxylation is 1. The molecule has 106 valence electrons. The van der Waals surface area contributed by atoms with Crippen molar-refractivity contribution in [1.29, 1.82) is 0 Å². The topological polar surface area (TPSA) is 26.0 Å². The minimum absolute atomic E-state index is 0.419. The van der Waals surface area contributed by atoms with Crippen molar-refractivity contribution in [2.75, 3.05) is 0 Å². The lowest BCUT2D eigenvalue weighted by atomic mass is 9.66. The molecule has 1 saturated carbocycles. The van der Waals surface area contributed by atoms with Crippen LogP contribution in [-0.2, 0) is 6.42 Å². The zero-order valence-corrected chi connectivity index (χ0v) is 12.7. The van der Waals surface area contributed by atoms with E-state index in [2.05, 4.69) is 51.1 Å². The van der Waals surface area contributed by atoms with Crippen molar-refractivity contribution in [2.24, 2.45) is 23.0 Å². The van der Waals surface area contributed by atoms with Gasteiger partial charge in [-0.25, -0.2) is 0 Å².